The minimum Gasteiger partial charge on any atom is -0.477 e. The summed E-state index contributed by atoms with van der Waals surface area (Å²) < 4.78 is 19.2. The molecule has 9 heteroatoms. The number of carbonyl (C=O) groups excluding carboxylic acids is 1. The van der Waals surface area contributed by atoms with E-state index in [1.54, 1.807) is 15.5 Å². The lowest BCUT2D eigenvalue weighted by Crippen LogP contribution is -2.49. The summed E-state index contributed by atoms with van der Waals surface area (Å²) in [6.07, 6.45) is 6.99. The van der Waals surface area contributed by atoms with Crippen LogP contribution in [0.3, 0.4) is 0 Å². The minimum absolute atomic E-state index is 0.0657. The number of anilines is 1. The van der Waals surface area contributed by atoms with Gasteiger partial charge in [-0.15, -0.1) is 0 Å². The smallest absolute Gasteiger partial charge is 0.341 e. The van der Waals surface area contributed by atoms with Gasteiger partial charge in [0.15, 0.2) is 18.9 Å². The monoisotopic (exact) mass is 583 g/mol. The zero-order chi connectivity index (χ0) is 30.5. The van der Waals surface area contributed by atoms with Gasteiger partial charge in [0.1, 0.15) is 11.4 Å². The van der Waals surface area contributed by atoms with Crippen molar-refractivity contribution in [3.8, 4) is 0 Å². The number of nitrogens with zero attached hydrogens (tertiary/aromatic N) is 4. The van der Waals surface area contributed by atoms with Gasteiger partial charge in [0.2, 0.25) is 5.43 Å². The van der Waals surface area contributed by atoms with Crippen LogP contribution in [0, 0.1) is 5.82 Å². The van der Waals surface area contributed by atoms with E-state index in [1.165, 1.54) is 17.3 Å². The highest BCUT2D eigenvalue weighted by Gasteiger charge is 2.29. The molecule has 2 aliphatic rings. The number of piperazine rings is 1. The van der Waals surface area contributed by atoms with E-state index >= 15 is 4.39 Å². The van der Waals surface area contributed by atoms with E-state index < -0.39 is 17.2 Å². The summed E-state index contributed by atoms with van der Waals surface area (Å²) in [5.41, 5.74) is 3.05. The second-order valence-electron chi connectivity index (χ2n) is 12.6. The molecule has 0 radical (unpaired) electrons. The predicted octanol–water partition coefficient (Wildman–Crippen LogP) is 4.77. The van der Waals surface area contributed by atoms with Gasteiger partial charge in [-0.2, -0.15) is 0 Å². The van der Waals surface area contributed by atoms with Gasteiger partial charge in [-0.25, -0.2) is 13.8 Å². The van der Waals surface area contributed by atoms with Crippen LogP contribution in [0.5, 0.6) is 0 Å². The number of carbonyl (C=O) groups is 2. The van der Waals surface area contributed by atoms with Crippen molar-refractivity contribution < 1.29 is 23.7 Å². The minimum atomic E-state index is -1.31. The SMILES string of the molecule is CC(C)(C)c1ccc(C[n+]2ccc(C(=O)N3CCN(c4cc5c(cc4F)c(=O)c(C(=O)O)cn5C4CC4)CC3)cc2)cc1. The summed E-state index contributed by atoms with van der Waals surface area (Å²) in [6.45, 7) is 9.03. The molecule has 0 spiro atoms. The van der Waals surface area contributed by atoms with Crippen molar-refractivity contribution in [2.24, 2.45) is 0 Å². The molecule has 1 amide bonds. The zero-order valence-corrected chi connectivity index (χ0v) is 24.7. The van der Waals surface area contributed by atoms with E-state index in [0.29, 0.717) is 49.5 Å². The largest absolute Gasteiger partial charge is 0.477 e. The van der Waals surface area contributed by atoms with Crippen molar-refractivity contribution in [2.45, 2.75) is 51.6 Å². The van der Waals surface area contributed by atoms with Crippen molar-refractivity contribution >= 4 is 28.5 Å². The summed E-state index contributed by atoms with van der Waals surface area (Å²) in [5.74, 6) is -1.95. The fourth-order valence-corrected chi connectivity index (χ4v) is 5.77. The summed E-state index contributed by atoms with van der Waals surface area (Å²) in [5, 5.41) is 9.56. The Balaban J connectivity index is 1.13. The third-order valence-electron chi connectivity index (χ3n) is 8.50. The molecule has 0 bridgehead atoms. The van der Waals surface area contributed by atoms with Crippen LogP contribution in [0.1, 0.15) is 71.5 Å². The van der Waals surface area contributed by atoms with Crippen molar-refractivity contribution in [1.82, 2.24) is 9.47 Å². The maximum Gasteiger partial charge on any atom is 0.341 e. The Hall–Kier alpha value is -4.53. The molecule has 3 heterocycles. The number of pyridine rings is 2. The topological polar surface area (TPSA) is 86.7 Å². The summed E-state index contributed by atoms with van der Waals surface area (Å²) in [4.78, 5) is 41.4. The third kappa shape index (κ3) is 5.76. The molecule has 2 aromatic heterocycles. The highest BCUT2D eigenvalue weighted by atomic mass is 19.1. The molecule has 1 N–H and O–H groups in total. The van der Waals surface area contributed by atoms with Gasteiger partial charge in [-0.1, -0.05) is 45.0 Å². The number of hydrogen-bond donors (Lipinski definition) is 1. The Bertz CT molecular complexity index is 1760. The van der Waals surface area contributed by atoms with Gasteiger partial charge in [-0.3, -0.25) is 9.59 Å². The van der Waals surface area contributed by atoms with Gasteiger partial charge in [0, 0.05) is 61.5 Å². The average Bonchev–Trinajstić information content (AvgIpc) is 3.83. The van der Waals surface area contributed by atoms with Crippen LogP contribution >= 0.6 is 0 Å². The second-order valence-corrected chi connectivity index (χ2v) is 12.6. The Morgan fingerprint density at radius 1 is 0.977 bits per heavy atom. The molecule has 0 atom stereocenters. The number of benzene rings is 2. The first kappa shape index (κ1) is 28.6. The molecule has 1 saturated heterocycles. The fraction of sp³-hybridized carbons (Fsp3) is 0.353. The highest BCUT2D eigenvalue weighted by Crippen LogP contribution is 2.38. The number of aromatic carboxylic acids is 1. The molecular formula is C34H36FN4O4+. The van der Waals surface area contributed by atoms with Gasteiger partial charge >= 0.3 is 5.97 Å². The Morgan fingerprint density at radius 2 is 1.63 bits per heavy atom. The first-order chi connectivity index (χ1) is 20.5. The van der Waals surface area contributed by atoms with Crippen LogP contribution in [-0.2, 0) is 12.0 Å². The van der Waals surface area contributed by atoms with E-state index in [9.17, 15) is 19.5 Å². The molecule has 43 heavy (non-hydrogen) atoms. The van der Waals surface area contributed by atoms with Crippen LogP contribution < -0.4 is 14.9 Å². The normalized spacial score (nSPS) is 15.6. The lowest BCUT2D eigenvalue weighted by molar-refractivity contribution is -0.688. The molecular weight excluding hydrogens is 547 g/mol. The van der Waals surface area contributed by atoms with Crippen molar-refractivity contribution in [1.29, 1.82) is 0 Å². The molecule has 0 unspecified atom stereocenters. The molecule has 1 aliphatic heterocycles. The van der Waals surface area contributed by atoms with Crippen LogP contribution in [0.25, 0.3) is 10.9 Å². The third-order valence-corrected chi connectivity index (χ3v) is 8.50. The van der Waals surface area contributed by atoms with Gasteiger partial charge in [0.05, 0.1) is 16.8 Å². The van der Waals surface area contributed by atoms with Gasteiger partial charge < -0.3 is 19.5 Å². The quantitative estimate of drug-likeness (QED) is 0.331. The lowest BCUT2D eigenvalue weighted by Gasteiger charge is -2.36. The number of amides is 1. The lowest BCUT2D eigenvalue weighted by atomic mass is 9.87. The predicted molar refractivity (Wildman–Crippen MR) is 162 cm³/mol. The van der Waals surface area contributed by atoms with Crippen LogP contribution in [0.4, 0.5) is 10.1 Å². The second kappa shape index (κ2) is 10.9. The van der Waals surface area contributed by atoms with E-state index in [1.807, 2.05) is 34.0 Å². The molecule has 4 aromatic rings. The molecule has 222 valence electrons. The average molecular weight is 584 g/mol. The molecule has 6 rings (SSSR count). The standard InChI is InChI=1S/C34H35FN4O4/c1-34(2,3)24-6-4-22(5-7-24)20-36-12-10-23(11-13-36)32(41)38-16-14-37(15-17-38)30-19-29-26(18-28(30)35)31(40)27(33(42)43)21-39(29)25-8-9-25/h4-7,10-13,18-19,21,25H,8-9,14-17,20H2,1-3H3/p+1. The van der Waals surface area contributed by atoms with E-state index in [-0.39, 0.29) is 28.3 Å². The summed E-state index contributed by atoms with van der Waals surface area (Å²) in [7, 11) is 0. The Kier molecular flexibility index (Phi) is 7.28. The number of rotatable bonds is 6. The van der Waals surface area contributed by atoms with Crippen molar-refractivity contribution in [3.63, 3.8) is 0 Å². The number of halogens is 1. The number of carboxylic acid groups (broad SMARTS) is 1. The fourth-order valence-electron chi connectivity index (χ4n) is 5.77. The van der Waals surface area contributed by atoms with Gasteiger partial charge in [-0.05, 0) is 36.0 Å². The molecule has 2 aromatic carbocycles. The number of hydrogen-bond acceptors (Lipinski definition) is 4. The molecule has 2 fully saturated rings. The molecule has 1 aliphatic carbocycles. The van der Waals surface area contributed by atoms with E-state index in [0.717, 1.165) is 18.9 Å². The first-order valence-electron chi connectivity index (χ1n) is 14.7. The number of aromatic nitrogens is 2. The van der Waals surface area contributed by atoms with Crippen molar-refractivity contribution in [2.75, 3.05) is 31.1 Å². The summed E-state index contributed by atoms with van der Waals surface area (Å²) >= 11 is 0. The van der Waals surface area contributed by atoms with Crippen LogP contribution in [0.2, 0.25) is 0 Å². The first-order valence-corrected chi connectivity index (χ1v) is 14.7. The highest BCUT2D eigenvalue weighted by molar-refractivity contribution is 5.95. The number of fused-ring (bicyclic) bond motifs is 1. The Morgan fingerprint density at radius 3 is 2.21 bits per heavy atom. The molecule has 8 nitrogen and oxygen atoms in total. The van der Waals surface area contributed by atoms with Crippen LogP contribution in [0.15, 0.2) is 71.9 Å². The van der Waals surface area contributed by atoms with Crippen molar-refractivity contribution in [3.05, 3.63) is 105 Å². The van der Waals surface area contributed by atoms with E-state index in [4.69, 9.17) is 0 Å². The maximum absolute atomic E-state index is 15.3. The van der Waals surface area contributed by atoms with Gasteiger partial charge in [0.25, 0.3) is 5.91 Å². The Labute approximate surface area is 249 Å². The van der Waals surface area contributed by atoms with Crippen LogP contribution in [-0.4, -0.2) is 52.6 Å². The summed E-state index contributed by atoms with van der Waals surface area (Å²) in [6, 6.07) is 15.2. The number of carboxylic acids is 1. The maximum atomic E-state index is 15.3. The molecule has 1 saturated carbocycles. The van der Waals surface area contributed by atoms with E-state index in [2.05, 4.69) is 45.0 Å². The zero-order valence-electron chi connectivity index (χ0n) is 24.7.